The summed E-state index contributed by atoms with van der Waals surface area (Å²) in [6, 6.07) is 9.99. The molecule has 0 spiro atoms. The Hall–Kier alpha value is -1.87. The molecule has 1 heterocycles. The minimum absolute atomic E-state index is 0.175. The first kappa shape index (κ1) is 12.6. The Bertz CT molecular complexity index is 509. The first-order chi connectivity index (χ1) is 8.65. The van der Waals surface area contributed by atoms with Crippen molar-refractivity contribution in [2.75, 3.05) is 0 Å². The molecule has 1 aromatic heterocycles. The Morgan fingerprint density at radius 2 is 2.11 bits per heavy atom. The SMILES string of the molecule is Cc1cc(Oc2cccnc2)ccc1CC(C)N. The van der Waals surface area contributed by atoms with Crippen LogP contribution in [0.15, 0.2) is 42.7 Å². The lowest BCUT2D eigenvalue weighted by atomic mass is 10.0. The van der Waals surface area contributed by atoms with E-state index < -0.39 is 0 Å². The summed E-state index contributed by atoms with van der Waals surface area (Å²) in [4.78, 5) is 4.02. The fourth-order valence-electron chi connectivity index (χ4n) is 1.85. The molecular weight excluding hydrogens is 224 g/mol. The summed E-state index contributed by atoms with van der Waals surface area (Å²) in [5, 5.41) is 0. The molecule has 0 bridgehead atoms. The van der Waals surface area contributed by atoms with Crippen LogP contribution in [0.25, 0.3) is 0 Å². The Kier molecular flexibility index (Phi) is 3.95. The number of aromatic nitrogens is 1. The Labute approximate surface area is 108 Å². The van der Waals surface area contributed by atoms with Crippen LogP contribution in [0.4, 0.5) is 0 Å². The standard InChI is InChI=1S/C15H18N2O/c1-11-8-14(6-5-13(11)9-12(2)16)18-15-4-3-7-17-10-15/h3-8,10,12H,9,16H2,1-2H3. The van der Waals surface area contributed by atoms with Crippen molar-refractivity contribution in [2.45, 2.75) is 26.3 Å². The predicted octanol–water partition coefficient (Wildman–Crippen LogP) is 3.07. The molecule has 1 aromatic carbocycles. The second-order valence-electron chi connectivity index (χ2n) is 4.56. The van der Waals surface area contributed by atoms with Crippen LogP contribution < -0.4 is 10.5 Å². The van der Waals surface area contributed by atoms with Crippen molar-refractivity contribution in [2.24, 2.45) is 5.73 Å². The molecular formula is C15H18N2O. The van der Waals surface area contributed by atoms with E-state index in [0.29, 0.717) is 0 Å². The molecule has 0 aliphatic heterocycles. The molecule has 0 radical (unpaired) electrons. The van der Waals surface area contributed by atoms with Crippen LogP contribution in [0.1, 0.15) is 18.1 Å². The summed E-state index contributed by atoms with van der Waals surface area (Å²) >= 11 is 0. The molecule has 94 valence electrons. The molecule has 3 nitrogen and oxygen atoms in total. The zero-order valence-electron chi connectivity index (χ0n) is 10.8. The number of pyridine rings is 1. The van der Waals surface area contributed by atoms with Crippen molar-refractivity contribution in [3.8, 4) is 11.5 Å². The van der Waals surface area contributed by atoms with Crippen LogP contribution >= 0.6 is 0 Å². The molecule has 0 fully saturated rings. The van der Waals surface area contributed by atoms with Gasteiger partial charge in [0.25, 0.3) is 0 Å². The van der Waals surface area contributed by atoms with Gasteiger partial charge in [0.15, 0.2) is 0 Å². The van der Waals surface area contributed by atoms with Gasteiger partial charge in [-0.25, -0.2) is 0 Å². The van der Waals surface area contributed by atoms with E-state index in [2.05, 4.69) is 18.0 Å². The third-order valence-electron chi connectivity index (χ3n) is 2.73. The van der Waals surface area contributed by atoms with Crippen molar-refractivity contribution in [3.63, 3.8) is 0 Å². The van der Waals surface area contributed by atoms with Crippen molar-refractivity contribution in [1.82, 2.24) is 4.98 Å². The summed E-state index contributed by atoms with van der Waals surface area (Å²) in [5.74, 6) is 1.57. The van der Waals surface area contributed by atoms with Crippen LogP contribution in [0, 0.1) is 6.92 Å². The molecule has 0 saturated heterocycles. The van der Waals surface area contributed by atoms with Crippen molar-refractivity contribution in [1.29, 1.82) is 0 Å². The molecule has 2 rings (SSSR count). The van der Waals surface area contributed by atoms with Crippen molar-refractivity contribution in [3.05, 3.63) is 53.9 Å². The first-order valence-corrected chi connectivity index (χ1v) is 6.08. The number of hydrogen-bond donors (Lipinski definition) is 1. The van der Waals surface area contributed by atoms with Gasteiger partial charge in [0.1, 0.15) is 11.5 Å². The summed E-state index contributed by atoms with van der Waals surface area (Å²) in [6.45, 7) is 4.09. The smallest absolute Gasteiger partial charge is 0.145 e. The number of aryl methyl sites for hydroxylation is 1. The largest absolute Gasteiger partial charge is 0.456 e. The fourth-order valence-corrected chi connectivity index (χ4v) is 1.85. The van der Waals surface area contributed by atoms with E-state index in [1.807, 2.05) is 31.2 Å². The van der Waals surface area contributed by atoms with Gasteiger partial charge in [-0.05, 0) is 55.7 Å². The summed E-state index contributed by atoms with van der Waals surface area (Å²) < 4.78 is 5.73. The molecule has 3 heteroatoms. The lowest BCUT2D eigenvalue weighted by molar-refractivity contribution is 0.479. The van der Waals surface area contributed by atoms with Crippen LogP contribution in [0.5, 0.6) is 11.5 Å². The monoisotopic (exact) mass is 242 g/mol. The van der Waals surface area contributed by atoms with Gasteiger partial charge in [0.05, 0.1) is 6.20 Å². The van der Waals surface area contributed by atoms with E-state index in [1.54, 1.807) is 12.4 Å². The van der Waals surface area contributed by atoms with E-state index in [1.165, 1.54) is 11.1 Å². The maximum Gasteiger partial charge on any atom is 0.145 e. The Balaban J connectivity index is 2.14. The zero-order chi connectivity index (χ0) is 13.0. The van der Waals surface area contributed by atoms with Crippen molar-refractivity contribution >= 4 is 0 Å². The molecule has 0 aliphatic carbocycles. The average Bonchev–Trinajstić information content (AvgIpc) is 2.33. The van der Waals surface area contributed by atoms with Gasteiger partial charge >= 0.3 is 0 Å². The second-order valence-corrected chi connectivity index (χ2v) is 4.56. The van der Waals surface area contributed by atoms with E-state index in [9.17, 15) is 0 Å². The lowest BCUT2D eigenvalue weighted by Gasteiger charge is -2.11. The van der Waals surface area contributed by atoms with Crippen molar-refractivity contribution < 1.29 is 4.74 Å². The normalized spacial score (nSPS) is 12.2. The highest BCUT2D eigenvalue weighted by Crippen LogP contribution is 2.23. The highest BCUT2D eigenvalue weighted by molar-refractivity contribution is 5.37. The quantitative estimate of drug-likeness (QED) is 0.896. The molecule has 0 saturated carbocycles. The topological polar surface area (TPSA) is 48.1 Å². The fraction of sp³-hybridized carbons (Fsp3) is 0.267. The molecule has 18 heavy (non-hydrogen) atoms. The zero-order valence-corrected chi connectivity index (χ0v) is 10.8. The van der Waals surface area contributed by atoms with Crippen LogP contribution in [-0.4, -0.2) is 11.0 Å². The second kappa shape index (κ2) is 5.65. The third-order valence-corrected chi connectivity index (χ3v) is 2.73. The highest BCUT2D eigenvalue weighted by Gasteiger charge is 2.04. The third kappa shape index (κ3) is 3.31. The Morgan fingerprint density at radius 1 is 1.28 bits per heavy atom. The number of ether oxygens (including phenoxy) is 1. The first-order valence-electron chi connectivity index (χ1n) is 6.08. The molecule has 1 unspecified atom stereocenters. The van der Waals surface area contributed by atoms with E-state index >= 15 is 0 Å². The molecule has 0 amide bonds. The molecule has 1 atom stereocenters. The van der Waals surface area contributed by atoms with Gasteiger partial charge in [-0.2, -0.15) is 0 Å². The lowest BCUT2D eigenvalue weighted by Crippen LogP contribution is -2.18. The van der Waals surface area contributed by atoms with Gasteiger partial charge < -0.3 is 10.5 Å². The highest BCUT2D eigenvalue weighted by atomic mass is 16.5. The summed E-state index contributed by atoms with van der Waals surface area (Å²) in [5.41, 5.74) is 8.29. The van der Waals surface area contributed by atoms with Crippen LogP contribution in [-0.2, 0) is 6.42 Å². The van der Waals surface area contributed by atoms with E-state index in [0.717, 1.165) is 17.9 Å². The van der Waals surface area contributed by atoms with E-state index in [4.69, 9.17) is 10.5 Å². The van der Waals surface area contributed by atoms with Gasteiger partial charge in [-0.1, -0.05) is 6.07 Å². The number of nitrogens with two attached hydrogens (primary N) is 1. The number of rotatable bonds is 4. The van der Waals surface area contributed by atoms with Crippen LogP contribution in [0.3, 0.4) is 0 Å². The number of hydrogen-bond acceptors (Lipinski definition) is 3. The molecule has 0 aliphatic rings. The molecule has 2 aromatic rings. The average molecular weight is 242 g/mol. The van der Waals surface area contributed by atoms with Gasteiger partial charge in [-0.3, -0.25) is 4.98 Å². The number of nitrogens with zero attached hydrogens (tertiary/aromatic N) is 1. The minimum atomic E-state index is 0.175. The maximum atomic E-state index is 5.82. The Morgan fingerprint density at radius 3 is 2.72 bits per heavy atom. The minimum Gasteiger partial charge on any atom is -0.456 e. The maximum absolute atomic E-state index is 5.82. The summed E-state index contributed by atoms with van der Waals surface area (Å²) in [7, 11) is 0. The molecule has 2 N–H and O–H groups in total. The van der Waals surface area contributed by atoms with Gasteiger partial charge in [0, 0.05) is 12.2 Å². The van der Waals surface area contributed by atoms with E-state index in [-0.39, 0.29) is 6.04 Å². The van der Waals surface area contributed by atoms with Gasteiger partial charge in [0.2, 0.25) is 0 Å². The predicted molar refractivity (Wildman–Crippen MR) is 72.8 cm³/mol. The van der Waals surface area contributed by atoms with Gasteiger partial charge in [-0.15, -0.1) is 0 Å². The van der Waals surface area contributed by atoms with Crippen LogP contribution in [0.2, 0.25) is 0 Å². The number of benzene rings is 1. The summed E-state index contributed by atoms with van der Waals surface area (Å²) in [6.07, 6.45) is 4.31.